The minimum absolute atomic E-state index is 0.162. The summed E-state index contributed by atoms with van der Waals surface area (Å²) < 4.78 is 44.0. The zero-order valence-corrected chi connectivity index (χ0v) is 17.3. The molecule has 11 heteroatoms. The predicted octanol–water partition coefficient (Wildman–Crippen LogP) is 3.48. The summed E-state index contributed by atoms with van der Waals surface area (Å²) in [6, 6.07) is 5.06. The Morgan fingerprint density at radius 3 is 2.69 bits per heavy atom. The molecule has 2 rings (SSSR count). The first-order chi connectivity index (χ1) is 13.9. The van der Waals surface area contributed by atoms with Crippen LogP contribution in [0.1, 0.15) is 22.8 Å². The van der Waals surface area contributed by atoms with E-state index in [2.05, 4.69) is 10.5 Å². The second kappa shape index (κ2) is 11.0. The molecule has 0 atom stereocenters. The van der Waals surface area contributed by atoms with E-state index in [1.54, 1.807) is 13.0 Å². The number of carbonyl (C=O) groups excluding carboxylic acids is 1. The summed E-state index contributed by atoms with van der Waals surface area (Å²) in [5.41, 5.74) is 0.493. The number of amides is 1. The fourth-order valence-electron chi connectivity index (χ4n) is 2.15. The van der Waals surface area contributed by atoms with E-state index in [0.717, 1.165) is 12.3 Å². The molecule has 0 fully saturated rings. The summed E-state index contributed by atoms with van der Waals surface area (Å²) >= 11 is 1.89. The van der Waals surface area contributed by atoms with Crippen LogP contribution in [0.3, 0.4) is 0 Å². The molecule has 0 heterocycles. The normalized spacial score (nSPS) is 11.0. The van der Waals surface area contributed by atoms with Crippen LogP contribution in [0.4, 0.5) is 24.5 Å². The van der Waals surface area contributed by atoms with Crippen molar-refractivity contribution in [3.8, 4) is 0 Å². The van der Waals surface area contributed by atoms with Crippen LogP contribution in [0, 0.1) is 21.0 Å². The lowest BCUT2D eigenvalue weighted by molar-refractivity contribution is 0.0168. The van der Waals surface area contributed by atoms with Gasteiger partial charge in [0, 0.05) is 9.13 Å². The van der Waals surface area contributed by atoms with Crippen molar-refractivity contribution in [1.82, 2.24) is 5.48 Å². The van der Waals surface area contributed by atoms with Crippen molar-refractivity contribution in [3.05, 3.63) is 56.4 Å². The van der Waals surface area contributed by atoms with Crippen molar-refractivity contribution in [2.45, 2.75) is 6.92 Å². The summed E-state index contributed by atoms with van der Waals surface area (Å²) in [4.78, 5) is 21.8. The molecule has 0 aromatic heterocycles. The average Bonchev–Trinajstić information content (AvgIpc) is 2.69. The third kappa shape index (κ3) is 6.05. The van der Waals surface area contributed by atoms with Gasteiger partial charge in [-0.05, 0) is 53.8 Å². The molecule has 0 saturated carbocycles. The van der Waals surface area contributed by atoms with Gasteiger partial charge < -0.3 is 15.3 Å². The summed E-state index contributed by atoms with van der Waals surface area (Å²) in [6.45, 7) is 1.26. The standard InChI is InChI=1S/C18H17F3IN3O4/c1-2-28-23-9-10-7-12(18(27)25-29-6-5-26)17(16(21)15(10)20)24-14-4-3-11(22)8-13(14)19/h3-4,7-9,24,26H,2,5-6H2,1H3,(H,25,27)/b23-9+. The molecule has 0 radical (unpaired) electrons. The van der Waals surface area contributed by atoms with Crippen LogP contribution < -0.4 is 10.8 Å². The number of aliphatic hydroxyl groups excluding tert-OH is 1. The maximum absolute atomic E-state index is 14.8. The molecule has 0 unspecified atom stereocenters. The van der Waals surface area contributed by atoms with E-state index in [4.69, 9.17) is 14.8 Å². The van der Waals surface area contributed by atoms with Crippen molar-refractivity contribution in [2.24, 2.45) is 5.16 Å². The van der Waals surface area contributed by atoms with Gasteiger partial charge in [0.2, 0.25) is 0 Å². The van der Waals surface area contributed by atoms with Crippen LogP contribution in [0.2, 0.25) is 0 Å². The highest BCUT2D eigenvalue weighted by molar-refractivity contribution is 14.1. The molecule has 29 heavy (non-hydrogen) atoms. The first-order valence-corrected chi connectivity index (χ1v) is 9.39. The van der Waals surface area contributed by atoms with E-state index >= 15 is 0 Å². The Kier molecular flexibility index (Phi) is 8.67. The number of hydrogen-bond acceptors (Lipinski definition) is 6. The highest BCUT2D eigenvalue weighted by Gasteiger charge is 2.23. The van der Waals surface area contributed by atoms with Crippen molar-refractivity contribution in [2.75, 3.05) is 25.1 Å². The van der Waals surface area contributed by atoms with E-state index in [1.807, 2.05) is 28.1 Å². The Labute approximate surface area is 178 Å². The third-order valence-corrected chi connectivity index (χ3v) is 4.09. The van der Waals surface area contributed by atoms with Gasteiger partial charge in [-0.15, -0.1) is 0 Å². The van der Waals surface area contributed by atoms with E-state index in [-0.39, 0.29) is 36.6 Å². The number of hydroxylamine groups is 1. The molecule has 2 aromatic carbocycles. The van der Waals surface area contributed by atoms with Gasteiger partial charge in [0.25, 0.3) is 5.91 Å². The quantitative estimate of drug-likeness (QED) is 0.203. The summed E-state index contributed by atoms with van der Waals surface area (Å²) in [5.74, 6) is -4.40. The Bertz CT molecular complexity index is 912. The Morgan fingerprint density at radius 2 is 2.03 bits per heavy atom. The summed E-state index contributed by atoms with van der Waals surface area (Å²) in [5, 5.41) is 14.6. The lowest BCUT2D eigenvalue weighted by atomic mass is 10.1. The Balaban J connectivity index is 2.50. The van der Waals surface area contributed by atoms with Gasteiger partial charge in [0.1, 0.15) is 12.4 Å². The Morgan fingerprint density at radius 1 is 1.28 bits per heavy atom. The monoisotopic (exact) mass is 523 g/mol. The van der Waals surface area contributed by atoms with Gasteiger partial charge in [-0.1, -0.05) is 5.16 Å². The predicted molar refractivity (Wildman–Crippen MR) is 108 cm³/mol. The van der Waals surface area contributed by atoms with Gasteiger partial charge in [-0.2, -0.15) is 0 Å². The maximum atomic E-state index is 14.8. The van der Waals surface area contributed by atoms with E-state index in [1.165, 1.54) is 12.1 Å². The highest BCUT2D eigenvalue weighted by atomic mass is 127. The van der Waals surface area contributed by atoms with Crippen LogP contribution in [0.5, 0.6) is 0 Å². The van der Waals surface area contributed by atoms with E-state index < -0.39 is 29.0 Å². The molecule has 7 nitrogen and oxygen atoms in total. The van der Waals surface area contributed by atoms with Gasteiger partial charge in [-0.25, -0.2) is 18.7 Å². The molecule has 0 bridgehead atoms. The van der Waals surface area contributed by atoms with Crippen LogP contribution in [0.15, 0.2) is 29.4 Å². The second-order valence-electron chi connectivity index (χ2n) is 5.42. The highest BCUT2D eigenvalue weighted by Crippen LogP contribution is 2.30. The number of halogens is 4. The number of nitrogens with one attached hydrogen (secondary N) is 2. The molecule has 0 aliphatic heterocycles. The number of anilines is 2. The SMILES string of the molecule is CCO/N=C/c1cc(C(=O)NOCCO)c(Nc2ccc(I)cc2F)c(F)c1F. The summed E-state index contributed by atoms with van der Waals surface area (Å²) in [7, 11) is 0. The number of carbonyl (C=O) groups is 1. The van der Waals surface area contributed by atoms with Crippen LogP contribution in [0.25, 0.3) is 0 Å². The van der Waals surface area contributed by atoms with Gasteiger partial charge in [0.15, 0.2) is 11.6 Å². The lowest BCUT2D eigenvalue weighted by Gasteiger charge is -2.15. The number of hydrogen-bond donors (Lipinski definition) is 3. The van der Waals surface area contributed by atoms with Gasteiger partial charge >= 0.3 is 0 Å². The second-order valence-corrected chi connectivity index (χ2v) is 6.67. The first kappa shape index (κ1) is 22.9. The first-order valence-electron chi connectivity index (χ1n) is 8.31. The van der Waals surface area contributed by atoms with Crippen molar-refractivity contribution >= 4 is 46.1 Å². The number of nitrogens with zero attached hydrogens (tertiary/aromatic N) is 1. The molecule has 0 spiro atoms. The fraction of sp³-hybridized carbons (Fsp3) is 0.222. The average molecular weight is 523 g/mol. The van der Waals surface area contributed by atoms with Crippen molar-refractivity contribution in [3.63, 3.8) is 0 Å². The van der Waals surface area contributed by atoms with E-state index in [0.29, 0.717) is 3.57 Å². The summed E-state index contributed by atoms with van der Waals surface area (Å²) in [6.07, 6.45) is 0.905. The van der Waals surface area contributed by atoms with Crippen LogP contribution >= 0.6 is 22.6 Å². The smallest absolute Gasteiger partial charge is 0.277 e. The molecule has 3 N–H and O–H groups in total. The molecule has 156 valence electrons. The maximum Gasteiger partial charge on any atom is 0.277 e. The molecule has 2 aromatic rings. The molecule has 0 aliphatic rings. The van der Waals surface area contributed by atoms with Gasteiger partial charge in [-0.3, -0.25) is 9.63 Å². The fourth-order valence-corrected chi connectivity index (χ4v) is 2.61. The largest absolute Gasteiger partial charge is 0.396 e. The third-order valence-electron chi connectivity index (χ3n) is 3.42. The van der Waals surface area contributed by atoms with Crippen LogP contribution in [-0.2, 0) is 9.68 Å². The topological polar surface area (TPSA) is 92.2 Å². The number of benzene rings is 2. The zero-order chi connectivity index (χ0) is 21.4. The minimum atomic E-state index is -1.42. The molecular formula is C18H17F3IN3O4. The van der Waals surface area contributed by atoms with Crippen molar-refractivity contribution in [1.29, 1.82) is 0 Å². The minimum Gasteiger partial charge on any atom is -0.396 e. The van der Waals surface area contributed by atoms with Gasteiger partial charge in [0.05, 0.1) is 36.4 Å². The zero-order valence-electron chi connectivity index (χ0n) is 15.1. The number of aliphatic hydroxyl groups is 1. The number of rotatable bonds is 9. The Hall–Kier alpha value is -2.38. The molecule has 0 saturated heterocycles. The molecular weight excluding hydrogens is 506 g/mol. The number of oxime groups is 1. The lowest BCUT2D eigenvalue weighted by Crippen LogP contribution is -2.26. The van der Waals surface area contributed by atoms with Crippen LogP contribution in [-0.4, -0.2) is 37.0 Å². The molecule has 1 amide bonds. The van der Waals surface area contributed by atoms with Crippen molar-refractivity contribution < 1.29 is 32.7 Å². The van der Waals surface area contributed by atoms with E-state index in [9.17, 15) is 18.0 Å². The molecule has 0 aliphatic carbocycles.